The predicted octanol–water partition coefficient (Wildman–Crippen LogP) is 2.90. The van der Waals surface area contributed by atoms with Crippen LogP contribution in [0.25, 0.3) is 0 Å². The molecule has 1 atom stereocenters. The minimum absolute atomic E-state index is 0.379. The Morgan fingerprint density at radius 2 is 2.21 bits per heavy atom. The number of hydrogen-bond donors (Lipinski definition) is 1. The average molecular weight is 261 g/mol. The largest absolute Gasteiger partial charge is 0.493 e. The number of rotatable bonds is 5. The third-order valence-corrected chi connectivity index (χ3v) is 2.79. The molecule has 100 valence electrons. The summed E-state index contributed by atoms with van der Waals surface area (Å²) < 4.78 is 18.7. The van der Waals surface area contributed by atoms with E-state index in [-0.39, 0.29) is 5.82 Å². The quantitative estimate of drug-likeness (QED) is 0.899. The van der Waals surface area contributed by atoms with Gasteiger partial charge in [0, 0.05) is 24.4 Å². The first-order chi connectivity index (χ1) is 9.16. The Kier molecular flexibility index (Phi) is 4.47. The lowest BCUT2D eigenvalue weighted by molar-refractivity contribution is 0.191. The summed E-state index contributed by atoms with van der Waals surface area (Å²) in [5, 5.41) is 9.59. The summed E-state index contributed by atoms with van der Waals surface area (Å²) in [6.07, 6.45) is 3.45. The number of hydrogen-bond acceptors (Lipinski definition) is 3. The van der Waals surface area contributed by atoms with Crippen LogP contribution in [-0.4, -0.2) is 16.7 Å². The molecular formula is C15H16FNO2. The predicted molar refractivity (Wildman–Crippen MR) is 70.5 cm³/mol. The van der Waals surface area contributed by atoms with E-state index in [0.717, 1.165) is 5.56 Å². The van der Waals surface area contributed by atoms with E-state index in [1.165, 1.54) is 12.1 Å². The number of nitrogens with zero attached hydrogens (tertiary/aromatic N) is 1. The van der Waals surface area contributed by atoms with Gasteiger partial charge < -0.3 is 9.84 Å². The van der Waals surface area contributed by atoms with Gasteiger partial charge in [0.1, 0.15) is 11.6 Å². The summed E-state index contributed by atoms with van der Waals surface area (Å²) >= 11 is 0. The third kappa shape index (κ3) is 3.76. The molecule has 0 aliphatic heterocycles. The molecule has 0 amide bonds. The number of aromatic nitrogens is 1. The van der Waals surface area contributed by atoms with E-state index in [9.17, 15) is 9.50 Å². The van der Waals surface area contributed by atoms with Gasteiger partial charge in [-0.05, 0) is 36.8 Å². The summed E-state index contributed by atoms with van der Waals surface area (Å²) in [5.74, 6) is 0.135. The molecule has 0 saturated heterocycles. The Labute approximate surface area is 111 Å². The molecule has 4 heteroatoms. The first-order valence-corrected chi connectivity index (χ1v) is 6.16. The first kappa shape index (κ1) is 13.5. The van der Waals surface area contributed by atoms with Gasteiger partial charge in [-0.25, -0.2) is 4.39 Å². The van der Waals surface area contributed by atoms with E-state index in [2.05, 4.69) is 4.98 Å². The van der Waals surface area contributed by atoms with E-state index in [4.69, 9.17) is 4.74 Å². The fraction of sp³-hybridized carbons (Fsp3) is 0.267. The number of pyridine rings is 1. The fourth-order valence-corrected chi connectivity index (χ4v) is 1.80. The van der Waals surface area contributed by atoms with Crippen LogP contribution < -0.4 is 4.74 Å². The van der Waals surface area contributed by atoms with Gasteiger partial charge in [-0.3, -0.25) is 4.98 Å². The Morgan fingerprint density at radius 3 is 2.89 bits per heavy atom. The van der Waals surface area contributed by atoms with E-state index in [1.807, 2.05) is 12.1 Å². The van der Waals surface area contributed by atoms with E-state index in [1.54, 1.807) is 25.4 Å². The lowest BCUT2D eigenvalue weighted by Crippen LogP contribution is -2.05. The zero-order chi connectivity index (χ0) is 13.7. The van der Waals surface area contributed by atoms with E-state index in [0.29, 0.717) is 24.3 Å². The van der Waals surface area contributed by atoms with Crippen molar-refractivity contribution in [3.05, 3.63) is 59.7 Å². The smallest absolute Gasteiger partial charge is 0.125 e. The standard InChI is InChI=1S/C15H16FNO2/c1-11(18)14-9-13(16)4-5-15(14)19-8-6-12-3-2-7-17-10-12/h2-5,7,9-11,18H,6,8H2,1H3/t11-/m1/s1. The van der Waals surface area contributed by atoms with Gasteiger partial charge in [-0.1, -0.05) is 6.07 Å². The maximum Gasteiger partial charge on any atom is 0.125 e. The van der Waals surface area contributed by atoms with Crippen LogP contribution in [0.2, 0.25) is 0 Å². The van der Waals surface area contributed by atoms with Crippen molar-refractivity contribution in [2.75, 3.05) is 6.61 Å². The van der Waals surface area contributed by atoms with Crippen LogP contribution in [0, 0.1) is 5.82 Å². The van der Waals surface area contributed by atoms with Crippen LogP contribution in [0.4, 0.5) is 4.39 Å². The van der Waals surface area contributed by atoms with Crippen LogP contribution in [-0.2, 0) is 6.42 Å². The first-order valence-electron chi connectivity index (χ1n) is 6.16. The van der Waals surface area contributed by atoms with Crippen molar-refractivity contribution in [1.82, 2.24) is 4.98 Å². The summed E-state index contributed by atoms with van der Waals surface area (Å²) in [5.41, 5.74) is 1.54. The summed E-state index contributed by atoms with van der Waals surface area (Å²) in [6, 6.07) is 8.00. The van der Waals surface area contributed by atoms with Crippen molar-refractivity contribution in [3.63, 3.8) is 0 Å². The molecular weight excluding hydrogens is 245 g/mol. The Morgan fingerprint density at radius 1 is 1.37 bits per heavy atom. The topological polar surface area (TPSA) is 42.4 Å². The second-order valence-corrected chi connectivity index (χ2v) is 4.32. The molecule has 3 nitrogen and oxygen atoms in total. The van der Waals surface area contributed by atoms with Crippen molar-refractivity contribution in [3.8, 4) is 5.75 Å². The molecule has 1 N–H and O–H groups in total. The molecule has 1 aromatic heterocycles. The SMILES string of the molecule is C[C@@H](O)c1cc(F)ccc1OCCc1cccnc1. The van der Waals surface area contributed by atoms with Crippen molar-refractivity contribution >= 4 is 0 Å². The molecule has 1 aromatic carbocycles. The van der Waals surface area contributed by atoms with Crippen LogP contribution in [0.15, 0.2) is 42.7 Å². The minimum Gasteiger partial charge on any atom is -0.493 e. The van der Waals surface area contributed by atoms with Crippen molar-refractivity contribution in [2.45, 2.75) is 19.4 Å². The molecule has 0 aliphatic rings. The Hall–Kier alpha value is -1.94. The van der Waals surface area contributed by atoms with Gasteiger partial charge in [-0.2, -0.15) is 0 Å². The lowest BCUT2D eigenvalue weighted by Gasteiger charge is -2.13. The van der Waals surface area contributed by atoms with Gasteiger partial charge >= 0.3 is 0 Å². The summed E-state index contributed by atoms with van der Waals surface area (Å²) in [7, 11) is 0. The molecule has 19 heavy (non-hydrogen) atoms. The Bertz CT molecular complexity index is 529. The lowest BCUT2D eigenvalue weighted by atomic mass is 10.1. The highest BCUT2D eigenvalue weighted by atomic mass is 19.1. The van der Waals surface area contributed by atoms with E-state index < -0.39 is 6.10 Å². The highest BCUT2D eigenvalue weighted by Crippen LogP contribution is 2.26. The van der Waals surface area contributed by atoms with Crippen LogP contribution >= 0.6 is 0 Å². The second kappa shape index (κ2) is 6.29. The zero-order valence-electron chi connectivity index (χ0n) is 10.7. The molecule has 0 unspecified atom stereocenters. The van der Waals surface area contributed by atoms with Crippen molar-refractivity contribution in [2.24, 2.45) is 0 Å². The number of benzene rings is 1. The number of ether oxygens (including phenoxy) is 1. The molecule has 0 fully saturated rings. The number of aliphatic hydroxyl groups excluding tert-OH is 1. The maximum atomic E-state index is 13.1. The van der Waals surface area contributed by atoms with Crippen molar-refractivity contribution < 1.29 is 14.2 Å². The zero-order valence-corrected chi connectivity index (χ0v) is 10.7. The van der Waals surface area contributed by atoms with Crippen LogP contribution in [0.3, 0.4) is 0 Å². The molecule has 2 rings (SSSR count). The molecule has 0 spiro atoms. The van der Waals surface area contributed by atoms with Gasteiger partial charge in [0.05, 0.1) is 12.7 Å². The average Bonchev–Trinajstić information content (AvgIpc) is 2.41. The highest BCUT2D eigenvalue weighted by molar-refractivity contribution is 5.35. The molecule has 0 radical (unpaired) electrons. The summed E-state index contributed by atoms with van der Waals surface area (Å²) in [6.45, 7) is 2.04. The minimum atomic E-state index is -0.760. The normalized spacial score (nSPS) is 12.2. The van der Waals surface area contributed by atoms with Crippen molar-refractivity contribution in [1.29, 1.82) is 0 Å². The monoisotopic (exact) mass is 261 g/mol. The number of aliphatic hydroxyl groups is 1. The highest BCUT2D eigenvalue weighted by Gasteiger charge is 2.10. The third-order valence-electron chi connectivity index (χ3n) is 2.79. The number of halogens is 1. The Balaban J connectivity index is 2.00. The molecule has 1 heterocycles. The van der Waals surface area contributed by atoms with Gasteiger partial charge in [0.25, 0.3) is 0 Å². The maximum absolute atomic E-state index is 13.1. The fourth-order valence-electron chi connectivity index (χ4n) is 1.80. The second-order valence-electron chi connectivity index (χ2n) is 4.32. The van der Waals surface area contributed by atoms with Gasteiger partial charge in [0.15, 0.2) is 0 Å². The van der Waals surface area contributed by atoms with E-state index >= 15 is 0 Å². The molecule has 0 saturated carbocycles. The van der Waals surface area contributed by atoms with Crippen LogP contribution in [0.5, 0.6) is 5.75 Å². The van der Waals surface area contributed by atoms with Gasteiger partial charge in [0.2, 0.25) is 0 Å². The summed E-state index contributed by atoms with van der Waals surface area (Å²) in [4.78, 5) is 4.02. The molecule has 0 bridgehead atoms. The molecule has 2 aromatic rings. The van der Waals surface area contributed by atoms with Crippen LogP contribution in [0.1, 0.15) is 24.2 Å². The van der Waals surface area contributed by atoms with Gasteiger partial charge in [-0.15, -0.1) is 0 Å². The molecule has 0 aliphatic carbocycles.